The molecule has 0 bridgehead atoms. The molecule has 0 radical (unpaired) electrons. The highest BCUT2D eigenvalue weighted by atomic mass is 28.3. The highest BCUT2D eigenvalue weighted by Gasteiger charge is 2.25. The van der Waals surface area contributed by atoms with Crippen LogP contribution in [0.25, 0.3) is 6.08 Å². The van der Waals surface area contributed by atoms with Crippen molar-refractivity contribution in [2.75, 3.05) is 0 Å². The third kappa shape index (κ3) is 3.93. The lowest BCUT2D eigenvalue weighted by Gasteiger charge is -2.26. The van der Waals surface area contributed by atoms with Crippen LogP contribution in [0.1, 0.15) is 16.7 Å². The van der Waals surface area contributed by atoms with Crippen molar-refractivity contribution >= 4 is 14.1 Å². The molecule has 0 unspecified atom stereocenters. The normalized spacial score (nSPS) is 13.6. The van der Waals surface area contributed by atoms with E-state index >= 15 is 0 Å². The topological polar surface area (TPSA) is 0 Å². The Morgan fingerprint density at radius 2 is 1.32 bits per heavy atom. The largest absolute Gasteiger partial charge is 0.0792 e. The van der Waals surface area contributed by atoms with Gasteiger partial charge in [-0.15, -0.1) is 0 Å². The quantitative estimate of drug-likeness (QED) is 0.653. The minimum absolute atomic E-state index is 0.564. The Kier molecular flexibility index (Phi) is 4.38. The average Bonchev–Trinajstić information content (AvgIpc) is 2.40. The Morgan fingerprint density at radius 1 is 0.789 bits per heavy atom. The minimum Gasteiger partial charge on any atom is -0.0792 e. The third-order valence-electron chi connectivity index (χ3n) is 3.37. The van der Waals surface area contributed by atoms with Gasteiger partial charge in [0.2, 0.25) is 0 Å². The van der Waals surface area contributed by atoms with Gasteiger partial charge in [-0.25, -0.2) is 0 Å². The van der Waals surface area contributed by atoms with Gasteiger partial charge in [0.15, 0.2) is 0 Å². The van der Waals surface area contributed by atoms with E-state index in [1.807, 2.05) is 0 Å². The van der Waals surface area contributed by atoms with Gasteiger partial charge in [-0.1, -0.05) is 92.5 Å². The van der Waals surface area contributed by atoms with Crippen LogP contribution in [0.15, 0.2) is 66.7 Å². The van der Waals surface area contributed by atoms with Crippen LogP contribution in [-0.4, -0.2) is 8.07 Å². The van der Waals surface area contributed by atoms with Crippen molar-refractivity contribution in [1.29, 1.82) is 0 Å². The van der Waals surface area contributed by atoms with Crippen LogP contribution in [0.4, 0.5) is 0 Å². The summed E-state index contributed by atoms with van der Waals surface area (Å²) in [5.41, 5.74) is 3.28. The second-order valence-corrected chi connectivity index (χ2v) is 11.4. The fourth-order valence-electron chi connectivity index (χ4n) is 2.33. The Hall–Kier alpha value is -1.60. The van der Waals surface area contributed by atoms with E-state index in [0.29, 0.717) is 5.54 Å². The van der Waals surface area contributed by atoms with Crippen LogP contribution < -0.4 is 0 Å². The van der Waals surface area contributed by atoms with E-state index in [1.54, 1.807) is 0 Å². The number of rotatable bonds is 4. The van der Waals surface area contributed by atoms with Crippen molar-refractivity contribution in [3.8, 4) is 0 Å². The monoisotopic (exact) mass is 266 g/mol. The smallest absolute Gasteiger partial charge is 0.0565 e. The molecule has 0 aromatic heterocycles. The van der Waals surface area contributed by atoms with Gasteiger partial charge in [0.25, 0.3) is 0 Å². The lowest BCUT2D eigenvalue weighted by molar-refractivity contribution is 1.14. The van der Waals surface area contributed by atoms with Gasteiger partial charge in [-0.3, -0.25) is 0 Å². The molecule has 1 atom stereocenters. The van der Waals surface area contributed by atoms with Crippen LogP contribution in [0.5, 0.6) is 0 Å². The maximum atomic E-state index is 2.43. The summed E-state index contributed by atoms with van der Waals surface area (Å²) >= 11 is 0. The first kappa shape index (κ1) is 13.8. The Bertz CT molecular complexity index is 521. The summed E-state index contributed by atoms with van der Waals surface area (Å²) in [6.45, 7) is 7.29. The molecule has 0 saturated carbocycles. The summed E-state index contributed by atoms with van der Waals surface area (Å²) in [5, 5.41) is 0. The molecular weight excluding hydrogens is 244 g/mol. The fourth-order valence-corrected chi connectivity index (χ4v) is 4.20. The molecular formula is C18H22Si. The third-order valence-corrected chi connectivity index (χ3v) is 5.76. The first-order chi connectivity index (χ1) is 9.07. The van der Waals surface area contributed by atoms with E-state index < -0.39 is 8.07 Å². The Morgan fingerprint density at radius 3 is 1.84 bits per heavy atom. The molecule has 0 aliphatic carbocycles. The lowest BCUT2D eigenvalue weighted by atomic mass is 10.1. The second kappa shape index (κ2) is 6.03. The van der Waals surface area contributed by atoms with Crippen LogP contribution in [0.3, 0.4) is 0 Å². The Labute approximate surface area is 117 Å². The number of benzene rings is 2. The van der Waals surface area contributed by atoms with Gasteiger partial charge in [-0.05, 0) is 16.7 Å². The molecule has 0 N–H and O–H groups in total. The number of allylic oxidation sites excluding steroid dienone is 1. The molecule has 2 rings (SSSR count). The molecule has 0 saturated heterocycles. The van der Waals surface area contributed by atoms with E-state index in [4.69, 9.17) is 0 Å². The van der Waals surface area contributed by atoms with Crippen molar-refractivity contribution in [3.63, 3.8) is 0 Å². The Balaban J connectivity index is 2.28. The summed E-state index contributed by atoms with van der Waals surface area (Å²) in [4.78, 5) is 0. The van der Waals surface area contributed by atoms with Crippen LogP contribution >= 0.6 is 0 Å². The van der Waals surface area contributed by atoms with Crippen molar-refractivity contribution in [2.45, 2.75) is 25.2 Å². The second-order valence-electron chi connectivity index (χ2n) is 6.02. The lowest BCUT2D eigenvalue weighted by Crippen LogP contribution is -2.29. The van der Waals surface area contributed by atoms with E-state index in [-0.39, 0.29) is 0 Å². The molecule has 0 spiro atoms. The molecule has 19 heavy (non-hydrogen) atoms. The first-order valence-electron chi connectivity index (χ1n) is 6.85. The molecule has 0 aliphatic heterocycles. The van der Waals surface area contributed by atoms with Crippen molar-refractivity contribution in [3.05, 3.63) is 77.9 Å². The van der Waals surface area contributed by atoms with Gasteiger partial charge in [0.05, 0.1) is 8.07 Å². The van der Waals surface area contributed by atoms with E-state index in [9.17, 15) is 0 Å². The molecule has 0 fully saturated rings. The maximum absolute atomic E-state index is 2.43. The van der Waals surface area contributed by atoms with Gasteiger partial charge in [0, 0.05) is 0 Å². The van der Waals surface area contributed by atoms with Gasteiger partial charge in [0.1, 0.15) is 0 Å². The van der Waals surface area contributed by atoms with Gasteiger partial charge >= 0.3 is 0 Å². The van der Waals surface area contributed by atoms with E-state index in [2.05, 4.69) is 92.5 Å². The predicted octanol–water partition coefficient (Wildman–Crippen LogP) is 5.36. The molecule has 0 aliphatic rings. The van der Waals surface area contributed by atoms with Crippen molar-refractivity contribution in [1.82, 2.24) is 0 Å². The number of hydrogen-bond donors (Lipinski definition) is 0. The average molecular weight is 266 g/mol. The predicted molar refractivity (Wildman–Crippen MR) is 88.0 cm³/mol. The zero-order valence-electron chi connectivity index (χ0n) is 12.0. The molecule has 0 nitrogen and oxygen atoms in total. The van der Waals surface area contributed by atoms with Crippen LogP contribution in [-0.2, 0) is 0 Å². The van der Waals surface area contributed by atoms with Gasteiger partial charge < -0.3 is 0 Å². The fraction of sp³-hybridized carbons (Fsp3) is 0.222. The summed E-state index contributed by atoms with van der Waals surface area (Å²) in [6.07, 6.45) is 4.65. The first-order valence-corrected chi connectivity index (χ1v) is 10.4. The summed E-state index contributed by atoms with van der Waals surface area (Å²) in [7, 11) is -1.27. The van der Waals surface area contributed by atoms with Crippen LogP contribution in [0, 0.1) is 0 Å². The summed E-state index contributed by atoms with van der Waals surface area (Å²) in [6, 6.07) is 21.4. The summed E-state index contributed by atoms with van der Waals surface area (Å²) in [5.74, 6) is 0. The summed E-state index contributed by atoms with van der Waals surface area (Å²) < 4.78 is 0. The van der Waals surface area contributed by atoms with E-state index in [0.717, 1.165) is 0 Å². The van der Waals surface area contributed by atoms with E-state index in [1.165, 1.54) is 11.1 Å². The SMILES string of the molecule is C[Si](C)(C)[C@H](/C=C/c1ccccc1)c1ccccc1. The molecule has 98 valence electrons. The molecule has 2 aromatic carbocycles. The maximum Gasteiger partial charge on any atom is 0.0565 e. The molecule has 1 heteroatoms. The number of hydrogen-bond acceptors (Lipinski definition) is 0. The molecule has 0 heterocycles. The highest BCUT2D eigenvalue weighted by Crippen LogP contribution is 2.29. The zero-order valence-corrected chi connectivity index (χ0v) is 13.0. The van der Waals surface area contributed by atoms with Crippen molar-refractivity contribution < 1.29 is 0 Å². The molecule has 2 aromatic rings. The standard InChI is InChI=1S/C18H22Si/c1-19(2,3)18(17-12-8-5-9-13-17)15-14-16-10-6-4-7-11-16/h4-15,18H,1-3H3/b15-14+/t18-/m1/s1. The van der Waals surface area contributed by atoms with Crippen molar-refractivity contribution in [2.24, 2.45) is 0 Å². The van der Waals surface area contributed by atoms with Crippen LogP contribution in [0.2, 0.25) is 19.6 Å². The zero-order chi connectivity index (χ0) is 13.7. The van der Waals surface area contributed by atoms with Gasteiger partial charge in [-0.2, -0.15) is 0 Å². The minimum atomic E-state index is -1.27. The highest BCUT2D eigenvalue weighted by molar-refractivity contribution is 6.78. The molecule has 0 amide bonds.